The van der Waals surface area contributed by atoms with Gasteiger partial charge in [-0.2, -0.15) is 0 Å². The molecule has 3 heterocycles. The van der Waals surface area contributed by atoms with Crippen molar-refractivity contribution in [1.29, 1.82) is 0 Å². The van der Waals surface area contributed by atoms with Crippen LogP contribution in [0.1, 0.15) is 24.5 Å². The first-order chi connectivity index (χ1) is 12.7. The summed E-state index contributed by atoms with van der Waals surface area (Å²) in [5.41, 5.74) is 2.56. The van der Waals surface area contributed by atoms with E-state index in [1.807, 2.05) is 37.3 Å². The summed E-state index contributed by atoms with van der Waals surface area (Å²) >= 11 is 0. The van der Waals surface area contributed by atoms with Crippen molar-refractivity contribution < 1.29 is 4.79 Å². The highest BCUT2D eigenvalue weighted by molar-refractivity contribution is 5.93. The molecular formula is C18H19N7O. The molecule has 1 N–H and O–H groups in total. The van der Waals surface area contributed by atoms with Gasteiger partial charge >= 0.3 is 0 Å². The summed E-state index contributed by atoms with van der Waals surface area (Å²) in [4.78, 5) is 21.3. The normalized spacial score (nSPS) is 16.6. The Balaban J connectivity index is 1.46. The van der Waals surface area contributed by atoms with Crippen LogP contribution < -0.4 is 5.32 Å². The quantitative estimate of drug-likeness (QED) is 0.777. The van der Waals surface area contributed by atoms with Crippen molar-refractivity contribution >= 4 is 11.6 Å². The molecule has 1 aliphatic rings. The Bertz CT molecular complexity index is 914. The molecule has 0 aliphatic carbocycles. The number of carbonyl (C=O) groups is 1. The highest BCUT2D eigenvalue weighted by Crippen LogP contribution is 2.23. The number of aromatic nitrogens is 6. The van der Waals surface area contributed by atoms with Crippen LogP contribution >= 0.6 is 0 Å². The zero-order chi connectivity index (χ0) is 17.9. The monoisotopic (exact) mass is 349 g/mol. The number of hydrogen-bond donors (Lipinski definition) is 1. The van der Waals surface area contributed by atoms with Crippen LogP contribution in [-0.4, -0.2) is 36.1 Å². The van der Waals surface area contributed by atoms with E-state index in [9.17, 15) is 4.79 Å². The molecule has 1 atom stereocenters. The fourth-order valence-electron chi connectivity index (χ4n) is 3.18. The average molecular weight is 349 g/mol. The first-order valence-corrected chi connectivity index (χ1v) is 8.65. The third-order valence-electron chi connectivity index (χ3n) is 4.58. The maximum Gasteiger partial charge on any atom is 0.227 e. The predicted octanol–water partition coefficient (Wildman–Crippen LogP) is 2.03. The van der Waals surface area contributed by atoms with E-state index >= 15 is 0 Å². The van der Waals surface area contributed by atoms with Crippen molar-refractivity contribution in [3.63, 3.8) is 0 Å². The molecule has 1 aromatic carbocycles. The molecule has 3 aromatic rings. The topological polar surface area (TPSA) is 98.5 Å². The predicted molar refractivity (Wildman–Crippen MR) is 95.1 cm³/mol. The highest BCUT2D eigenvalue weighted by atomic mass is 16.1. The van der Waals surface area contributed by atoms with Gasteiger partial charge in [-0.1, -0.05) is 12.1 Å². The second-order valence-electron chi connectivity index (χ2n) is 6.40. The second-order valence-corrected chi connectivity index (χ2v) is 6.40. The molecule has 0 radical (unpaired) electrons. The number of tetrazole rings is 1. The molecular weight excluding hydrogens is 330 g/mol. The molecule has 0 bridgehead atoms. The minimum absolute atomic E-state index is 0.0275. The number of carbonyl (C=O) groups excluding carboxylic acids is 1. The number of rotatable bonds is 3. The first-order valence-electron chi connectivity index (χ1n) is 8.65. The molecule has 1 aliphatic heterocycles. The molecule has 0 saturated heterocycles. The smallest absolute Gasteiger partial charge is 0.227 e. The molecule has 0 fully saturated rings. The van der Waals surface area contributed by atoms with Gasteiger partial charge in [0.25, 0.3) is 0 Å². The van der Waals surface area contributed by atoms with E-state index in [0.29, 0.717) is 13.0 Å². The first kappa shape index (κ1) is 16.3. The van der Waals surface area contributed by atoms with Crippen LogP contribution in [-0.2, 0) is 17.8 Å². The Labute approximate surface area is 150 Å². The van der Waals surface area contributed by atoms with E-state index in [2.05, 4.69) is 30.8 Å². The van der Waals surface area contributed by atoms with Gasteiger partial charge in [0.15, 0.2) is 5.82 Å². The zero-order valence-corrected chi connectivity index (χ0v) is 14.5. The van der Waals surface area contributed by atoms with Crippen LogP contribution in [0.2, 0.25) is 0 Å². The molecule has 2 aromatic heterocycles. The summed E-state index contributed by atoms with van der Waals surface area (Å²) in [6.45, 7) is 2.52. The molecule has 1 unspecified atom stereocenters. The van der Waals surface area contributed by atoms with Gasteiger partial charge in [-0.15, -0.1) is 5.10 Å². The van der Waals surface area contributed by atoms with Gasteiger partial charge in [-0.05, 0) is 48.4 Å². The van der Waals surface area contributed by atoms with Crippen LogP contribution in [0.25, 0.3) is 11.3 Å². The summed E-state index contributed by atoms with van der Waals surface area (Å²) in [6, 6.07) is 9.58. The van der Waals surface area contributed by atoms with Crippen molar-refractivity contribution in [1.82, 2.24) is 30.2 Å². The lowest BCUT2D eigenvalue weighted by molar-refractivity contribution is -0.120. The minimum Gasteiger partial charge on any atom is -0.326 e. The van der Waals surface area contributed by atoms with Gasteiger partial charge in [0.05, 0.1) is 5.69 Å². The van der Waals surface area contributed by atoms with Crippen molar-refractivity contribution in [3.05, 3.63) is 48.2 Å². The Hall–Kier alpha value is -3.16. The summed E-state index contributed by atoms with van der Waals surface area (Å²) < 4.78 is 1.78. The Morgan fingerprint density at radius 1 is 1.27 bits per heavy atom. The third-order valence-corrected chi connectivity index (χ3v) is 4.58. The van der Waals surface area contributed by atoms with Crippen LogP contribution in [0, 0.1) is 12.8 Å². The van der Waals surface area contributed by atoms with Gasteiger partial charge in [0, 0.05) is 36.3 Å². The largest absolute Gasteiger partial charge is 0.326 e. The number of fused-ring (bicyclic) bond motifs is 1. The Kier molecular flexibility index (Phi) is 4.39. The average Bonchev–Trinajstić information content (AvgIpc) is 3.00. The molecule has 4 rings (SSSR count). The summed E-state index contributed by atoms with van der Waals surface area (Å²) in [6.07, 6.45) is 3.93. The zero-order valence-electron chi connectivity index (χ0n) is 14.5. The number of hydrogen-bond acceptors (Lipinski definition) is 6. The van der Waals surface area contributed by atoms with Crippen molar-refractivity contribution in [2.45, 2.75) is 32.7 Å². The molecule has 0 spiro atoms. The minimum atomic E-state index is -0.0662. The third kappa shape index (κ3) is 3.44. The molecule has 8 nitrogen and oxygen atoms in total. The van der Waals surface area contributed by atoms with Crippen LogP contribution in [0.4, 0.5) is 5.69 Å². The van der Waals surface area contributed by atoms with Crippen LogP contribution in [0.5, 0.6) is 0 Å². The maximum absolute atomic E-state index is 12.7. The fraction of sp³-hybridized carbons (Fsp3) is 0.333. The van der Waals surface area contributed by atoms with Gasteiger partial charge in [0.1, 0.15) is 5.82 Å². The van der Waals surface area contributed by atoms with E-state index < -0.39 is 0 Å². The Morgan fingerprint density at radius 2 is 2.19 bits per heavy atom. The van der Waals surface area contributed by atoms with Crippen molar-refractivity contribution in [2.24, 2.45) is 5.92 Å². The number of anilines is 1. The summed E-state index contributed by atoms with van der Waals surface area (Å²) in [7, 11) is 0. The Morgan fingerprint density at radius 3 is 3.08 bits per heavy atom. The van der Waals surface area contributed by atoms with E-state index in [0.717, 1.165) is 41.4 Å². The van der Waals surface area contributed by atoms with Gasteiger partial charge in [-0.3, -0.25) is 4.79 Å². The van der Waals surface area contributed by atoms with E-state index in [1.54, 1.807) is 10.9 Å². The number of amides is 1. The lowest BCUT2D eigenvalue weighted by Crippen LogP contribution is -2.23. The van der Waals surface area contributed by atoms with Gasteiger partial charge < -0.3 is 5.32 Å². The molecule has 8 heteroatoms. The number of benzene rings is 1. The SMILES string of the molecule is Cc1nccc(-c2cccc(NC(=O)C3CCc4nnnn4CC3)c2)n1. The highest BCUT2D eigenvalue weighted by Gasteiger charge is 2.24. The fourth-order valence-corrected chi connectivity index (χ4v) is 3.18. The number of nitrogens with zero attached hydrogens (tertiary/aromatic N) is 6. The van der Waals surface area contributed by atoms with E-state index in [1.165, 1.54) is 0 Å². The molecule has 1 amide bonds. The van der Waals surface area contributed by atoms with Gasteiger partial charge in [-0.25, -0.2) is 14.6 Å². The number of nitrogens with one attached hydrogen (secondary N) is 1. The van der Waals surface area contributed by atoms with Crippen LogP contribution in [0.15, 0.2) is 36.5 Å². The number of aryl methyl sites for hydroxylation is 3. The standard InChI is InChI=1S/C18H19N7O/c1-12-19-9-7-16(20-12)14-3-2-4-15(11-14)21-18(26)13-5-6-17-22-23-24-25(17)10-8-13/h2-4,7,9,11,13H,5-6,8,10H2,1H3,(H,21,26). The van der Waals surface area contributed by atoms with E-state index in [4.69, 9.17) is 0 Å². The van der Waals surface area contributed by atoms with Crippen molar-refractivity contribution in [2.75, 3.05) is 5.32 Å². The summed E-state index contributed by atoms with van der Waals surface area (Å²) in [5.74, 6) is 1.53. The molecule has 132 valence electrons. The van der Waals surface area contributed by atoms with E-state index in [-0.39, 0.29) is 11.8 Å². The van der Waals surface area contributed by atoms with Crippen molar-refractivity contribution in [3.8, 4) is 11.3 Å². The maximum atomic E-state index is 12.7. The van der Waals surface area contributed by atoms with Crippen LogP contribution in [0.3, 0.4) is 0 Å². The van der Waals surface area contributed by atoms with Gasteiger partial charge in [0.2, 0.25) is 5.91 Å². The lowest BCUT2D eigenvalue weighted by atomic mass is 9.99. The summed E-state index contributed by atoms with van der Waals surface area (Å²) in [5, 5.41) is 14.7. The molecule has 0 saturated carbocycles. The lowest BCUT2D eigenvalue weighted by Gasteiger charge is -2.14. The molecule has 26 heavy (non-hydrogen) atoms. The second kappa shape index (κ2) is 6.99.